The molecule has 0 aliphatic heterocycles. The second-order valence-corrected chi connectivity index (χ2v) is 5.80. The zero-order valence-electron chi connectivity index (χ0n) is 14.6. The Morgan fingerprint density at radius 3 is 2.50 bits per heavy atom. The first-order valence-corrected chi connectivity index (χ1v) is 8.28. The molecule has 0 saturated carbocycles. The van der Waals surface area contributed by atoms with Crippen LogP contribution in [0.1, 0.15) is 11.3 Å². The molecule has 7 nitrogen and oxygen atoms in total. The van der Waals surface area contributed by atoms with Gasteiger partial charge in [-0.1, -0.05) is 0 Å². The van der Waals surface area contributed by atoms with Crippen LogP contribution in [0, 0.1) is 15.9 Å². The van der Waals surface area contributed by atoms with Crippen molar-refractivity contribution in [1.82, 2.24) is 15.3 Å². The highest BCUT2D eigenvalue weighted by Crippen LogP contribution is 2.17. The minimum Gasteiger partial charge on any atom is -0.347 e. The molecule has 28 heavy (non-hydrogen) atoms. The Morgan fingerprint density at radius 1 is 1.11 bits per heavy atom. The number of nitro benzene ring substituents is 1. The van der Waals surface area contributed by atoms with Gasteiger partial charge in [0.1, 0.15) is 12.1 Å². The first-order chi connectivity index (χ1) is 13.5. The predicted octanol–water partition coefficient (Wildman–Crippen LogP) is 3.52. The Morgan fingerprint density at radius 2 is 1.82 bits per heavy atom. The molecule has 1 N–H and O–H groups in total. The average Bonchev–Trinajstić information content (AvgIpc) is 2.72. The summed E-state index contributed by atoms with van der Waals surface area (Å²) in [7, 11) is 0. The van der Waals surface area contributed by atoms with Gasteiger partial charge < -0.3 is 5.32 Å². The standard InChI is InChI=1S/C20H15FN4O3/c21-16-6-4-15(5-7-16)19-11-17(23-13-24-19)12-22-20(26)10-3-14-1-8-18(9-2-14)25(27)28/h1-11,13H,12H2,(H,22,26)/b10-3+. The number of carbonyl (C=O) groups excluding carboxylic acids is 1. The molecule has 1 heterocycles. The Labute approximate surface area is 159 Å². The molecule has 0 spiro atoms. The van der Waals surface area contributed by atoms with E-state index in [1.54, 1.807) is 36.4 Å². The molecule has 0 unspecified atom stereocenters. The van der Waals surface area contributed by atoms with E-state index < -0.39 is 4.92 Å². The lowest BCUT2D eigenvalue weighted by molar-refractivity contribution is -0.384. The summed E-state index contributed by atoms with van der Waals surface area (Å²) in [5, 5.41) is 13.3. The van der Waals surface area contributed by atoms with Crippen molar-refractivity contribution < 1.29 is 14.1 Å². The van der Waals surface area contributed by atoms with Crippen LogP contribution in [0.4, 0.5) is 10.1 Å². The van der Waals surface area contributed by atoms with Gasteiger partial charge in [-0.15, -0.1) is 0 Å². The molecule has 140 valence electrons. The molecular weight excluding hydrogens is 363 g/mol. The smallest absolute Gasteiger partial charge is 0.269 e. The van der Waals surface area contributed by atoms with Crippen molar-refractivity contribution >= 4 is 17.7 Å². The molecule has 0 aliphatic rings. The van der Waals surface area contributed by atoms with Gasteiger partial charge in [-0.05, 0) is 54.1 Å². The predicted molar refractivity (Wildman–Crippen MR) is 101 cm³/mol. The SMILES string of the molecule is O=C(/C=C/c1ccc([N+](=O)[O-])cc1)NCc1cc(-c2ccc(F)cc2)ncn1. The van der Waals surface area contributed by atoms with Crippen molar-refractivity contribution in [2.45, 2.75) is 6.54 Å². The van der Waals surface area contributed by atoms with Crippen LogP contribution in [-0.2, 0) is 11.3 Å². The van der Waals surface area contributed by atoms with Gasteiger partial charge in [0.15, 0.2) is 0 Å². The molecule has 3 aromatic rings. The minimum absolute atomic E-state index is 0.0117. The van der Waals surface area contributed by atoms with E-state index in [1.165, 1.54) is 36.7 Å². The molecule has 8 heteroatoms. The topological polar surface area (TPSA) is 98.0 Å². The first kappa shape index (κ1) is 18.8. The van der Waals surface area contributed by atoms with E-state index in [-0.39, 0.29) is 24.0 Å². The van der Waals surface area contributed by atoms with E-state index >= 15 is 0 Å². The molecule has 0 atom stereocenters. The van der Waals surface area contributed by atoms with Gasteiger partial charge in [-0.25, -0.2) is 14.4 Å². The van der Waals surface area contributed by atoms with Gasteiger partial charge in [-0.3, -0.25) is 14.9 Å². The Hall–Kier alpha value is -3.94. The number of carbonyl (C=O) groups is 1. The van der Waals surface area contributed by atoms with Crippen LogP contribution < -0.4 is 5.32 Å². The van der Waals surface area contributed by atoms with Crippen LogP contribution in [-0.4, -0.2) is 20.8 Å². The highest BCUT2D eigenvalue weighted by molar-refractivity contribution is 5.91. The van der Waals surface area contributed by atoms with Crippen LogP contribution in [0.15, 0.2) is 67.0 Å². The molecule has 2 aromatic carbocycles. The van der Waals surface area contributed by atoms with Gasteiger partial charge in [0.2, 0.25) is 5.91 Å². The fourth-order valence-corrected chi connectivity index (χ4v) is 2.39. The number of nitro groups is 1. The number of hydrogen-bond donors (Lipinski definition) is 1. The summed E-state index contributed by atoms with van der Waals surface area (Å²) in [5.41, 5.74) is 2.63. The molecule has 0 radical (unpaired) electrons. The van der Waals surface area contributed by atoms with Gasteiger partial charge in [0.05, 0.1) is 22.9 Å². The number of halogens is 1. The molecule has 3 rings (SSSR count). The summed E-state index contributed by atoms with van der Waals surface area (Å²) in [6, 6.07) is 13.5. The summed E-state index contributed by atoms with van der Waals surface area (Å²) in [4.78, 5) is 30.4. The van der Waals surface area contributed by atoms with Gasteiger partial charge in [0, 0.05) is 23.8 Å². The van der Waals surface area contributed by atoms with Crippen molar-refractivity contribution in [3.05, 3.63) is 94.2 Å². The second kappa shape index (κ2) is 8.63. The van der Waals surface area contributed by atoms with Gasteiger partial charge >= 0.3 is 0 Å². The van der Waals surface area contributed by atoms with Crippen LogP contribution in [0.2, 0.25) is 0 Å². The first-order valence-electron chi connectivity index (χ1n) is 8.28. The zero-order chi connectivity index (χ0) is 19.9. The molecule has 0 saturated heterocycles. The Balaban J connectivity index is 1.59. The van der Waals surface area contributed by atoms with Crippen LogP contribution >= 0.6 is 0 Å². The van der Waals surface area contributed by atoms with Gasteiger partial charge in [-0.2, -0.15) is 0 Å². The minimum atomic E-state index is -0.484. The number of rotatable bonds is 6. The lowest BCUT2D eigenvalue weighted by atomic mass is 10.1. The average molecular weight is 378 g/mol. The third kappa shape index (κ3) is 5.04. The number of amides is 1. The van der Waals surface area contributed by atoms with E-state index in [0.717, 1.165) is 5.56 Å². The third-order valence-corrected chi connectivity index (χ3v) is 3.84. The van der Waals surface area contributed by atoms with Crippen molar-refractivity contribution in [1.29, 1.82) is 0 Å². The maximum Gasteiger partial charge on any atom is 0.269 e. The van der Waals surface area contributed by atoms with Crippen LogP contribution in [0.5, 0.6) is 0 Å². The monoisotopic (exact) mass is 378 g/mol. The zero-order valence-corrected chi connectivity index (χ0v) is 14.6. The van der Waals surface area contributed by atoms with Crippen LogP contribution in [0.25, 0.3) is 17.3 Å². The number of nitrogens with one attached hydrogen (secondary N) is 1. The van der Waals surface area contributed by atoms with E-state index in [9.17, 15) is 19.3 Å². The second-order valence-electron chi connectivity index (χ2n) is 5.80. The van der Waals surface area contributed by atoms with E-state index in [4.69, 9.17) is 0 Å². The number of hydrogen-bond acceptors (Lipinski definition) is 5. The van der Waals surface area contributed by atoms with Crippen molar-refractivity contribution in [3.63, 3.8) is 0 Å². The number of nitrogens with zero attached hydrogens (tertiary/aromatic N) is 3. The maximum atomic E-state index is 13.0. The van der Waals surface area contributed by atoms with E-state index in [2.05, 4.69) is 15.3 Å². The lowest BCUT2D eigenvalue weighted by Crippen LogP contribution is -2.20. The molecular formula is C20H15FN4O3. The lowest BCUT2D eigenvalue weighted by Gasteiger charge is -2.05. The number of non-ortho nitro benzene ring substituents is 1. The molecule has 0 aliphatic carbocycles. The summed E-state index contributed by atoms with van der Waals surface area (Å²) >= 11 is 0. The van der Waals surface area contributed by atoms with E-state index in [1.807, 2.05) is 0 Å². The quantitative estimate of drug-likeness (QED) is 0.402. The van der Waals surface area contributed by atoms with Gasteiger partial charge in [0.25, 0.3) is 5.69 Å². The Kier molecular flexibility index (Phi) is 5.81. The number of benzene rings is 2. The molecule has 0 fully saturated rings. The summed E-state index contributed by atoms with van der Waals surface area (Å²) < 4.78 is 13.0. The Bertz CT molecular complexity index is 1020. The summed E-state index contributed by atoms with van der Waals surface area (Å²) in [5.74, 6) is -0.662. The fourth-order valence-electron chi connectivity index (χ4n) is 2.39. The number of aromatic nitrogens is 2. The molecule has 1 amide bonds. The fraction of sp³-hybridized carbons (Fsp3) is 0.0500. The normalized spacial score (nSPS) is 10.8. The molecule has 1 aromatic heterocycles. The third-order valence-electron chi connectivity index (χ3n) is 3.84. The summed E-state index contributed by atoms with van der Waals surface area (Å²) in [6.07, 6.45) is 4.28. The van der Waals surface area contributed by atoms with Crippen LogP contribution in [0.3, 0.4) is 0 Å². The maximum absolute atomic E-state index is 13.0. The largest absolute Gasteiger partial charge is 0.347 e. The molecule has 0 bridgehead atoms. The van der Waals surface area contributed by atoms with Crippen molar-refractivity contribution in [2.75, 3.05) is 0 Å². The van der Waals surface area contributed by atoms with E-state index in [0.29, 0.717) is 17.0 Å². The highest BCUT2D eigenvalue weighted by Gasteiger charge is 2.05. The van der Waals surface area contributed by atoms with Crippen molar-refractivity contribution in [3.8, 4) is 11.3 Å². The summed E-state index contributed by atoms with van der Waals surface area (Å²) in [6.45, 7) is 0.195. The van der Waals surface area contributed by atoms with Crippen molar-refractivity contribution in [2.24, 2.45) is 0 Å². The highest BCUT2D eigenvalue weighted by atomic mass is 19.1.